The van der Waals surface area contributed by atoms with Crippen molar-refractivity contribution >= 4 is 68.1 Å². The number of halogens is 1. The van der Waals surface area contributed by atoms with Crippen molar-refractivity contribution in [1.82, 2.24) is 39.0 Å². The molecule has 147 heavy (non-hydrogen) atoms. The van der Waals surface area contributed by atoms with Crippen molar-refractivity contribution in [2.24, 2.45) is 0 Å². The van der Waals surface area contributed by atoms with Gasteiger partial charge in [0, 0.05) is 315 Å². The molecule has 4 aromatic heterocycles. The number of nitrogens with zero attached hydrogens (tertiary/aromatic N) is 8. The molecule has 5 aliphatic rings. The predicted molar refractivity (Wildman–Crippen MR) is 546 cm³/mol. The standard InChI is InChI=1S/C58H36N4.C50H39BN2O2.C14H9ClN2.13Pd/c1-3-18-37(19-4-1)55-44-26-9-12-33-50(44)59-56(61-55)45-28-17-32-49-54(45)43-25-8-11-30-47(43)58(49)46-29-10-7-24-42(46)53-41(27-16-31-48(53)58)38-20-15-21-39(36-38)57-60-51-34-13-14-35-52(51)62(57)40-22-5-2-6-23-40;1-48(2)49(3,4)55-51(54-48)42-28-16-27-41-46(42)37-22-9-11-25-39(37)50(41)38-24-10-8-21-36(38)45-35(23-15-26-40(45)50)32-17-14-18-33(31-32)47-52-43-29-12-13-30-44(43)53(47)34-19-6-5-7-20-34;15-14-16-12-9-5-4-8-11(12)13(17-14)10-6-2-1-3-7-10;;;;;;;;;;;;;/h1-36H;5-31H,1-4H3;1-9H;;;;;;;;;;;;;. The third-order valence-corrected chi connectivity index (χ3v) is 28.5. The van der Waals surface area contributed by atoms with Crippen molar-refractivity contribution in [3.8, 4) is 135 Å². The second kappa shape index (κ2) is 48.8. The molecular formula is C122H84BClN8O2Pd13. The second-order valence-corrected chi connectivity index (χ2v) is 36.4. The predicted octanol–water partition coefficient (Wildman–Crippen LogP) is 28.9. The Bertz CT molecular complexity index is 8550. The second-order valence-electron chi connectivity index (χ2n) is 36.1. The maximum absolute atomic E-state index is 6.73. The van der Waals surface area contributed by atoms with Gasteiger partial charge in [-0.1, -0.05) is 364 Å². The smallest absolute Gasteiger partial charge is 0.399 e. The molecule has 0 amide bonds. The van der Waals surface area contributed by atoms with E-state index < -0.39 is 29.2 Å². The summed E-state index contributed by atoms with van der Waals surface area (Å²) in [5.41, 5.74) is 39.2. The Morgan fingerprint density at radius 1 is 0.231 bits per heavy atom. The maximum Gasteiger partial charge on any atom is 0.495 e. The average Bonchev–Trinajstić information content (AvgIpc) is 1.50. The Hall–Kier alpha value is -7.53. The van der Waals surface area contributed by atoms with Gasteiger partial charge in [0.15, 0.2) is 5.82 Å². The van der Waals surface area contributed by atoms with Gasteiger partial charge in [-0.3, -0.25) is 9.13 Å². The first-order valence-electron chi connectivity index (χ1n) is 45.8. The van der Waals surface area contributed by atoms with Crippen LogP contribution in [0.15, 0.2) is 437 Å². The van der Waals surface area contributed by atoms with Gasteiger partial charge < -0.3 is 9.31 Å². The minimum Gasteiger partial charge on any atom is -0.399 e. The number of rotatable bonds is 10. The Morgan fingerprint density at radius 2 is 0.517 bits per heavy atom. The molecule has 764 valence electrons. The molecule has 2 unspecified atom stereocenters. The van der Waals surface area contributed by atoms with Gasteiger partial charge in [0.05, 0.1) is 66.5 Å². The summed E-state index contributed by atoms with van der Waals surface area (Å²) in [6.07, 6.45) is 0. The molecule has 0 N–H and O–H groups in total. The van der Waals surface area contributed by atoms with Gasteiger partial charge in [-0.2, -0.15) is 0 Å². The van der Waals surface area contributed by atoms with E-state index in [1.165, 1.54) is 100 Å². The summed E-state index contributed by atoms with van der Waals surface area (Å²) in [6.45, 7) is 8.51. The monoisotopic (exact) mass is 3120 g/mol. The van der Waals surface area contributed by atoms with Crippen LogP contribution in [-0.4, -0.2) is 57.4 Å². The van der Waals surface area contributed by atoms with Gasteiger partial charge in [0.25, 0.3) is 0 Å². The summed E-state index contributed by atoms with van der Waals surface area (Å²) < 4.78 is 18.0. The van der Waals surface area contributed by atoms with E-state index in [1.54, 1.807) is 0 Å². The van der Waals surface area contributed by atoms with Gasteiger partial charge in [0.1, 0.15) is 11.6 Å². The summed E-state index contributed by atoms with van der Waals surface area (Å²) >= 11 is 5.95. The SMILES string of the molecule is CC1(C)OB(c2cccc3c2-c2ccccc2C32c3ccccc3-c3c(-c4cccc(-c5nc6ccccc6n5-c5ccccc5)c4)cccc32)OC1(C)C.Clc1nc(-c2ccccc2)c2ccccc2n1.[Pd].[Pd].[Pd].[Pd].[Pd].[Pd].[Pd].[Pd].[Pd].[Pd].[Pd].[Pd].[Pd].c1ccc(-c2nc(-c3cccc4c3-c3ccccc3C43c4ccccc4-c4c(-c5cccc(-c6nc7ccccc7n6-c6ccccc6)c5)cccc43)nc3ccccc23)cc1. The van der Waals surface area contributed by atoms with Crippen LogP contribution in [0.1, 0.15) is 72.2 Å². The number of hydrogen-bond donors (Lipinski definition) is 0. The van der Waals surface area contributed by atoms with Crippen LogP contribution in [0.4, 0.5) is 0 Å². The van der Waals surface area contributed by atoms with Crippen molar-refractivity contribution in [2.75, 3.05) is 0 Å². The first kappa shape index (κ1) is 118. The van der Waals surface area contributed by atoms with E-state index in [2.05, 4.69) is 429 Å². The number of fused-ring (bicyclic) bond motifs is 24. The fourth-order valence-corrected chi connectivity index (χ4v) is 22.2. The normalized spacial score (nSPS) is 14.2. The van der Waals surface area contributed by atoms with E-state index in [4.69, 9.17) is 40.8 Å². The first-order valence-corrected chi connectivity index (χ1v) is 46.1. The largest absolute Gasteiger partial charge is 0.495 e. The third kappa shape index (κ3) is 20.0. The van der Waals surface area contributed by atoms with Crippen LogP contribution < -0.4 is 5.46 Å². The summed E-state index contributed by atoms with van der Waals surface area (Å²) in [7, 11) is -0.478. The van der Waals surface area contributed by atoms with Crippen LogP contribution in [0.25, 0.3) is 179 Å². The quantitative estimate of drug-likeness (QED) is 0.0985. The zero-order chi connectivity index (χ0) is 89.5. The molecule has 2 atom stereocenters. The van der Waals surface area contributed by atoms with Gasteiger partial charge in [-0.15, -0.1) is 0 Å². The Morgan fingerprint density at radius 3 is 0.932 bits per heavy atom. The zero-order valence-corrected chi connectivity index (χ0v) is 99.0. The molecule has 1 aliphatic heterocycles. The summed E-state index contributed by atoms with van der Waals surface area (Å²) in [6, 6.07) is 156. The molecule has 0 bridgehead atoms. The van der Waals surface area contributed by atoms with Crippen LogP contribution in [-0.2, 0) is 286 Å². The number of imidazole rings is 2. The van der Waals surface area contributed by atoms with Gasteiger partial charge >= 0.3 is 7.12 Å². The molecule has 0 radical (unpaired) electrons. The van der Waals surface area contributed by atoms with Crippen molar-refractivity contribution in [1.29, 1.82) is 0 Å². The Balaban J connectivity index is 0.000000209. The number of benzene rings is 18. The topological polar surface area (TPSA) is 106 Å². The summed E-state index contributed by atoms with van der Waals surface area (Å²) in [5.74, 6) is 2.57. The molecule has 1 saturated heterocycles. The molecule has 2 spiro atoms. The number of para-hydroxylation sites is 8. The molecular weight excluding hydrogens is 3040 g/mol. The van der Waals surface area contributed by atoms with Crippen LogP contribution in [0.2, 0.25) is 5.28 Å². The van der Waals surface area contributed by atoms with Crippen molar-refractivity contribution in [3.05, 3.63) is 487 Å². The maximum atomic E-state index is 6.73. The number of hydrogen-bond acceptors (Lipinski definition) is 8. The molecule has 27 rings (SSSR count). The van der Waals surface area contributed by atoms with E-state index >= 15 is 0 Å². The zero-order valence-electron chi connectivity index (χ0n) is 78.0. The molecule has 22 aromatic rings. The van der Waals surface area contributed by atoms with Crippen LogP contribution in [0.3, 0.4) is 0 Å². The minimum atomic E-state index is -0.554. The van der Waals surface area contributed by atoms with Crippen molar-refractivity contribution in [2.45, 2.75) is 49.7 Å². The fourth-order valence-electron chi connectivity index (χ4n) is 22.0. The first-order chi connectivity index (χ1) is 65.9. The van der Waals surface area contributed by atoms with E-state index in [9.17, 15) is 0 Å². The van der Waals surface area contributed by atoms with Crippen molar-refractivity contribution < 1.29 is 275 Å². The Kier molecular flexibility index (Phi) is 39.2. The van der Waals surface area contributed by atoms with E-state index in [1.807, 2.05) is 54.6 Å². The molecule has 1 fully saturated rings. The van der Waals surface area contributed by atoms with E-state index in [-0.39, 0.29) is 271 Å². The minimum absolute atomic E-state index is 0. The van der Waals surface area contributed by atoms with Crippen molar-refractivity contribution in [3.63, 3.8) is 0 Å². The number of aromatic nitrogens is 8. The average molecular weight is 3120 g/mol. The summed E-state index contributed by atoms with van der Waals surface area (Å²) in [4.78, 5) is 29.7. The molecule has 0 saturated carbocycles. The van der Waals surface area contributed by atoms with Gasteiger partial charge in [-0.25, -0.2) is 29.9 Å². The molecule has 18 aromatic carbocycles. The van der Waals surface area contributed by atoms with Gasteiger partial charge in [-0.05, 0) is 229 Å². The van der Waals surface area contributed by atoms with E-state index in [0.29, 0.717) is 0 Å². The third-order valence-electron chi connectivity index (χ3n) is 28.3. The van der Waals surface area contributed by atoms with Crippen LogP contribution in [0.5, 0.6) is 0 Å². The fraction of sp³-hybridized carbons (Fsp3) is 0.0656. The van der Waals surface area contributed by atoms with Crippen LogP contribution >= 0.6 is 11.6 Å². The molecule has 5 heterocycles. The molecule has 10 nitrogen and oxygen atoms in total. The van der Waals surface area contributed by atoms with Gasteiger partial charge in [0.2, 0.25) is 5.28 Å². The molecule has 25 heteroatoms. The summed E-state index contributed by atoms with van der Waals surface area (Å²) in [5, 5.41) is 2.34. The van der Waals surface area contributed by atoms with E-state index in [0.717, 1.165) is 129 Å². The molecule has 4 aliphatic carbocycles. The van der Waals surface area contributed by atoms with Crippen LogP contribution in [0, 0.1) is 0 Å². The Labute approximate surface area is 1040 Å².